The lowest BCUT2D eigenvalue weighted by atomic mass is 10.1. The largest absolute Gasteiger partial charge is 0.444 e. The molecule has 0 aromatic heterocycles. The van der Waals surface area contributed by atoms with E-state index < -0.39 is 21.7 Å². The monoisotopic (exact) mass is 459 g/mol. The number of hydrogen-bond donors (Lipinski definition) is 1. The smallest absolute Gasteiger partial charge is 0.407 e. The molecule has 1 N–H and O–H groups in total. The molecule has 2 aromatic carbocycles. The predicted molar refractivity (Wildman–Crippen MR) is 122 cm³/mol. The van der Waals surface area contributed by atoms with Crippen molar-refractivity contribution in [1.29, 1.82) is 0 Å². The molecule has 172 valence electrons. The van der Waals surface area contributed by atoms with Gasteiger partial charge in [-0.3, -0.25) is 4.79 Å². The van der Waals surface area contributed by atoms with Crippen LogP contribution < -0.4 is 10.2 Å². The van der Waals surface area contributed by atoms with Gasteiger partial charge in [0.05, 0.1) is 10.6 Å². The number of alkyl carbamates (subject to hydrolysis) is 1. The second-order valence-electron chi connectivity index (χ2n) is 9.21. The number of rotatable bonds is 4. The number of nitrogens with zero attached hydrogens (tertiary/aromatic N) is 2. The Morgan fingerprint density at radius 3 is 2.66 bits per heavy atom. The van der Waals surface area contributed by atoms with Crippen LogP contribution in [0.5, 0.6) is 0 Å². The summed E-state index contributed by atoms with van der Waals surface area (Å²) in [6, 6.07) is 8.18. The normalized spacial score (nSPS) is 19.4. The third-order valence-electron chi connectivity index (χ3n) is 5.78. The van der Waals surface area contributed by atoms with E-state index >= 15 is 0 Å². The number of nitrogens with one attached hydrogen (secondary N) is 1. The highest BCUT2D eigenvalue weighted by molar-refractivity contribution is 7.89. The van der Waals surface area contributed by atoms with E-state index in [1.807, 2.05) is 6.92 Å². The van der Waals surface area contributed by atoms with Crippen molar-refractivity contribution in [3.05, 3.63) is 35.9 Å². The highest BCUT2D eigenvalue weighted by atomic mass is 32.2. The van der Waals surface area contributed by atoms with E-state index in [0.717, 1.165) is 5.69 Å². The summed E-state index contributed by atoms with van der Waals surface area (Å²) in [4.78, 5) is 26.7. The lowest BCUT2D eigenvalue weighted by Crippen LogP contribution is -2.50. The fourth-order valence-corrected chi connectivity index (χ4v) is 6.16. The first-order valence-electron chi connectivity index (χ1n) is 10.9. The highest BCUT2D eigenvalue weighted by Crippen LogP contribution is 2.40. The summed E-state index contributed by atoms with van der Waals surface area (Å²) in [6.45, 7) is 8.30. The van der Waals surface area contributed by atoms with Gasteiger partial charge in [0, 0.05) is 42.0 Å². The van der Waals surface area contributed by atoms with Crippen molar-refractivity contribution in [2.24, 2.45) is 0 Å². The van der Waals surface area contributed by atoms with Crippen LogP contribution in [0.4, 0.5) is 10.5 Å². The van der Waals surface area contributed by atoms with Crippen molar-refractivity contribution < 1.29 is 22.7 Å². The number of carbonyl (C=O) groups is 2. The van der Waals surface area contributed by atoms with Gasteiger partial charge < -0.3 is 15.0 Å². The molecule has 0 bridgehead atoms. The molecule has 2 aromatic rings. The molecule has 2 amide bonds. The van der Waals surface area contributed by atoms with Crippen molar-refractivity contribution >= 4 is 38.5 Å². The van der Waals surface area contributed by atoms with Gasteiger partial charge in [0.15, 0.2) is 0 Å². The van der Waals surface area contributed by atoms with Gasteiger partial charge in [0.25, 0.3) is 5.91 Å². The fourth-order valence-electron chi connectivity index (χ4n) is 4.45. The zero-order chi connectivity index (χ0) is 23.3. The average molecular weight is 460 g/mol. The second kappa shape index (κ2) is 8.04. The van der Waals surface area contributed by atoms with Crippen LogP contribution in [0.3, 0.4) is 0 Å². The molecule has 2 aliphatic heterocycles. The van der Waals surface area contributed by atoms with E-state index in [0.29, 0.717) is 42.3 Å². The van der Waals surface area contributed by atoms with Gasteiger partial charge >= 0.3 is 6.09 Å². The molecule has 0 radical (unpaired) electrons. The number of carbonyl (C=O) groups excluding carboxylic acids is 2. The highest BCUT2D eigenvalue weighted by Gasteiger charge is 2.35. The Balaban J connectivity index is 1.64. The summed E-state index contributed by atoms with van der Waals surface area (Å²) in [5.74, 6) is -0.109. The van der Waals surface area contributed by atoms with Crippen LogP contribution in [0.2, 0.25) is 0 Å². The molecule has 1 atom stereocenters. The Morgan fingerprint density at radius 1 is 1.22 bits per heavy atom. The molecule has 32 heavy (non-hydrogen) atoms. The summed E-state index contributed by atoms with van der Waals surface area (Å²) in [7, 11) is -3.83. The van der Waals surface area contributed by atoms with Crippen molar-refractivity contribution in [3.8, 4) is 0 Å². The van der Waals surface area contributed by atoms with Gasteiger partial charge in [0.1, 0.15) is 5.60 Å². The first-order valence-corrected chi connectivity index (χ1v) is 12.3. The van der Waals surface area contributed by atoms with Crippen LogP contribution in [0, 0.1) is 0 Å². The van der Waals surface area contributed by atoms with Gasteiger partial charge in [-0.2, -0.15) is 4.31 Å². The van der Waals surface area contributed by atoms with E-state index in [9.17, 15) is 18.0 Å². The second-order valence-corrected chi connectivity index (χ2v) is 11.1. The minimum Gasteiger partial charge on any atom is -0.444 e. The van der Waals surface area contributed by atoms with Crippen LogP contribution >= 0.6 is 0 Å². The number of anilines is 1. The Kier molecular flexibility index (Phi) is 5.67. The molecule has 4 rings (SSSR count). The molecular formula is C23H29N3O5S. The minimum atomic E-state index is -3.83. The molecular weight excluding hydrogens is 430 g/mol. The number of amides is 2. The Morgan fingerprint density at radius 2 is 1.97 bits per heavy atom. The van der Waals surface area contributed by atoms with E-state index in [4.69, 9.17) is 4.74 Å². The van der Waals surface area contributed by atoms with Crippen molar-refractivity contribution in [2.45, 2.75) is 57.1 Å². The summed E-state index contributed by atoms with van der Waals surface area (Å²) < 4.78 is 34.0. The molecule has 9 heteroatoms. The van der Waals surface area contributed by atoms with Gasteiger partial charge in [-0.25, -0.2) is 13.2 Å². The molecule has 8 nitrogen and oxygen atoms in total. The van der Waals surface area contributed by atoms with Gasteiger partial charge in [-0.05, 0) is 58.7 Å². The van der Waals surface area contributed by atoms with Crippen LogP contribution in [0.15, 0.2) is 35.2 Å². The zero-order valence-electron chi connectivity index (χ0n) is 18.8. The van der Waals surface area contributed by atoms with E-state index in [1.165, 1.54) is 4.31 Å². The van der Waals surface area contributed by atoms with E-state index in [2.05, 4.69) is 5.32 Å². The molecule has 0 saturated carbocycles. The third-order valence-corrected chi connectivity index (χ3v) is 7.71. The first kappa shape index (κ1) is 22.5. The van der Waals surface area contributed by atoms with Gasteiger partial charge in [-0.1, -0.05) is 12.1 Å². The lowest BCUT2D eigenvalue weighted by molar-refractivity contribution is 0.0487. The summed E-state index contributed by atoms with van der Waals surface area (Å²) >= 11 is 0. The van der Waals surface area contributed by atoms with Crippen LogP contribution in [-0.2, 0) is 14.8 Å². The molecule has 0 spiro atoms. The van der Waals surface area contributed by atoms with E-state index in [-0.39, 0.29) is 23.4 Å². The average Bonchev–Trinajstić information content (AvgIpc) is 2.99. The first-order chi connectivity index (χ1) is 15.0. The molecule has 1 fully saturated rings. The fraction of sp³-hybridized carbons (Fsp3) is 0.478. The van der Waals surface area contributed by atoms with Crippen molar-refractivity contribution in [2.75, 3.05) is 24.5 Å². The Labute approximate surface area is 188 Å². The van der Waals surface area contributed by atoms with Crippen molar-refractivity contribution in [1.82, 2.24) is 9.62 Å². The van der Waals surface area contributed by atoms with E-state index in [1.54, 1.807) is 56.0 Å². The zero-order valence-corrected chi connectivity index (χ0v) is 19.7. The van der Waals surface area contributed by atoms with Crippen LogP contribution in [-0.4, -0.2) is 56.0 Å². The number of benzene rings is 2. The Hall–Kier alpha value is -2.65. The number of sulfonamides is 1. The van der Waals surface area contributed by atoms with Gasteiger partial charge in [0.2, 0.25) is 10.0 Å². The predicted octanol–water partition coefficient (Wildman–Crippen LogP) is 3.50. The maximum Gasteiger partial charge on any atom is 0.407 e. The SMILES string of the molecule is CCN1C(=O)c2cccc3c(S(=O)(=O)N4CCC[C@H](NC(=O)OC(C)(C)C)C4)ccc1c23. The molecule has 0 aliphatic carbocycles. The molecule has 0 unspecified atom stereocenters. The summed E-state index contributed by atoms with van der Waals surface area (Å²) in [5, 5.41) is 4.02. The maximum absolute atomic E-state index is 13.6. The Bertz CT molecular complexity index is 1190. The summed E-state index contributed by atoms with van der Waals surface area (Å²) in [5.41, 5.74) is 0.642. The van der Waals surface area contributed by atoms with Crippen LogP contribution in [0.25, 0.3) is 10.8 Å². The molecule has 2 heterocycles. The standard InChI is InChI=1S/C23H29N3O5S/c1-5-26-18-11-12-19(16-9-6-10-17(20(16)18)21(26)27)32(29,30)25-13-7-8-15(14-25)24-22(28)31-23(2,3)4/h6,9-12,15H,5,7-8,13-14H2,1-4H3,(H,24,28)/t15-/m0/s1. The van der Waals surface area contributed by atoms with Gasteiger partial charge in [-0.15, -0.1) is 0 Å². The minimum absolute atomic E-state index is 0.109. The van der Waals surface area contributed by atoms with Crippen molar-refractivity contribution in [3.63, 3.8) is 0 Å². The number of ether oxygens (including phenoxy) is 1. The molecule has 2 aliphatic rings. The lowest BCUT2D eigenvalue weighted by Gasteiger charge is -2.33. The topological polar surface area (TPSA) is 96.0 Å². The molecule has 1 saturated heterocycles. The number of piperidine rings is 1. The summed E-state index contributed by atoms with van der Waals surface area (Å²) in [6.07, 6.45) is 0.753. The third kappa shape index (κ3) is 3.95. The number of hydrogen-bond acceptors (Lipinski definition) is 5. The maximum atomic E-state index is 13.6. The quantitative estimate of drug-likeness (QED) is 0.755. The van der Waals surface area contributed by atoms with Crippen LogP contribution in [0.1, 0.15) is 50.9 Å².